The summed E-state index contributed by atoms with van der Waals surface area (Å²) in [6.07, 6.45) is -0.189. The quantitative estimate of drug-likeness (QED) is 0.0668. The van der Waals surface area contributed by atoms with Crippen LogP contribution in [-0.4, -0.2) is 209 Å². The van der Waals surface area contributed by atoms with E-state index >= 15 is 0 Å². The molecule has 2 aromatic rings. The smallest absolute Gasteiger partial charge is 0.412 e. The number of hydrogen-bond acceptors (Lipinski definition) is 20. The molecule has 9 unspecified atom stereocenters. The molecule has 29 heteroatoms. The second kappa shape index (κ2) is 29.0. The minimum atomic E-state index is -4.72. The van der Waals surface area contributed by atoms with Gasteiger partial charge in [-0.1, -0.05) is 18.2 Å². The van der Waals surface area contributed by atoms with Crippen LogP contribution in [-0.2, 0) is 61.1 Å². The highest BCUT2D eigenvalue weighted by molar-refractivity contribution is 7.62. The first-order valence-corrected chi connectivity index (χ1v) is 30.6. The topological polar surface area (TPSA) is 299 Å². The van der Waals surface area contributed by atoms with Crippen molar-refractivity contribution in [3.63, 3.8) is 0 Å². The SMILES string of the molecule is CNC(=O)COC(=O)[C@@H]1C2CCC(C[C@@H]1O[P+](C)(O)O)N2C.CNC(=O)COC(=O)[C@H]1C(OP(=O)(OCC(F)(F)F)c2ccccc2)CC2CCC1N2C.CNC(=O)COc1ccc(C(=O)OC2CC3CCC([C@H]2C(=O)NC)N3C)cc1. The number of rotatable bonds is 19. The maximum Gasteiger partial charge on any atom is 0.412 e. The normalized spacial score (nSPS) is 28.3. The monoisotopic (exact) mass is 1200 g/mol. The number of carbonyl (C=O) groups excluding carboxylic acids is 7. The molecular formula is C53H77F3N7O17P2+. The number of piperidine rings is 3. The van der Waals surface area contributed by atoms with E-state index in [4.69, 9.17) is 32.5 Å². The second-order valence-electron chi connectivity index (χ2n) is 21.1. The Morgan fingerprint density at radius 1 is 0.622 bits per heavy atom. The molecule has 0 aromatic heterocycles. The van der Waals surface area contributed by atoms with E-state index in [1.165, 1.54) is 52.1 Å². The second-order valence-corrected chi connectivity index (χ2v) is 25.0. The zero-order valence-electron chi connectivity index (χ0n) is 47.2. The number of esters is 3. The van der Waals surface area contributed by atoms with Crippen LogP contribution in [0.1, 0.15) is 68.1 Å². The maximum atomic E-state index is 13.6. The molecule has 6 heterocycles. The van der Waals surface area contributed by atoms with E-state index in [9.17, 15) is 61.1 Å². The van der Waals surface area contributed by atoms with Gasteiger partial charge < -0.3 is 44.7 Å². The number of hydrogen-bond donors (Lipinski definition) is 6. The number of alkyl halides is 3. The lowest BCUT2D eigenvalue weighted by Crippen LogP contribution is -2.55. The fraction of sp³-hybridized carbons (Fsp3) is 0.642. The molecule has 6 aliphatic heterocycles. The Morgan fingerprint density at radius 3 is 1.54 bits per heavy atom. The molecule has 0 aliphatic carbocycles. The Kier molecular flexibility index (Phi) is 23.2. The number of ether oxygens (including phenoxy) is 4. The van der Waals surface area contributed by atoms with E-state index in [1.54, 1.807) is 37.4 Å². The molecule has 2 aromatic carbocycles. The molecular weight excluding hydrogens is 1130 g/mol. The van der Waals surface area contributed by atoms with Crippen LogP contribution in [0.5, 0.6) is 5.75 Å². The van der Waals surface area contributed by atoms with Crippen molar-refractivity contribution < 1.29 is 93.6 Å². The molecule has 82 heavy (non-hydrogen) atoms. The third-order valence-corrected chi connectivity index (χ3v) is 18.7. The van der Waals surface area contributed by atoms with Gasteiger partial charge in [-0.15, -0.1) is 0 Å². The highest BCUT2D eigenvalue weighted by atomic mass is 31.2. The molecule has 0 spiro atoms. The first-order valence-electron chi connectivity index (χ1n) is 27.0. The molecule has 6 N–H and O–H groups in total. The van der Waals surface area contributed by atoms with E-state index in [-0.39, 0.29) is 78.8 Å². The van der Waals surface area contributed by atoms with Crippen molar-refractivity contribution in [1.29, 1.82) is 0 Å². The van der Waals surface area contributed by atoms with Crippen molar-refractivity contribution in [2.24, 2.45) is 17.8 Å². The maximum absolute atomic E-state index is 13.6. The molecule has 13 atom stereocenters. The van der Waals surface area contributed by atoms with Crippen LogP contribution < -0.4 is 31.3 Å². The van der Waals surface area contributed by atoms with Crippen molar-refractivity contribution in [3.05, 3.63) is 60.2 Å². The number of halogens is 3. The summed E-state index contributed by atoms with van der Waals surface area (Å²) in [7, 11) is 3.95. The molecule has 6 saturated heterocycles. The number of carbonyl (C=O) groups is 7. The molecule has 0 saturated carbocycles. The Balaban J connectivity index is 0.000000201. The van der Waals surface area contributed by atoms with Crippen LogP contribution >= 0.6 is 15.5 Å². The largest absolute Gasteiger partial charge is 0.484 e. The van der Waals surface area contributed by atoms with Crippen molar-refractivity contribution >= 4 is 62.4 Å². The van der Waals surface area contributed by atoms with E-state index in [0.29, 0.717) is 36.6 Å². The molecule has 24 nitrogen and oxygen atoms in total. The van der Waals surface area contributed by atoms with E-state index < -0.39 is 88.9 Å². The van der Waals surface area contributed by atoms with Crippen LogP contribution in [0, 0.1) is 17.8 Å². The van der Waals surface area contributed by atoms with Gasteiger partial charge in [0.1, 0.15) is 30.5 Å². The lowest BCUT2D eigenvalue weighted by Gasteiger charge is -2.42. The van der Waals surface area contributed by atoms with Crippen LogP contribution in [0.2, 0.25) is 0 Å². The van der Waals surface area contributed by atoms with Crippen molar-refractivity contribution in [3.8, 4) is 5.75 Å². The van der Waals surface area contributed by atoms with Crippen LogP contribution in [0.4, 0.5) is 13.2 Å². The van der Waals surface area contributed by atoms with Gasteiger partial charge in [0, 0.05) is 70.9 Å². The summed E-state index contributed by atoms with van der Waals surface area (Å²) < 4.78 is 89.4. The Morgan fingerprint density at radius 2 is 1.07 bits per heavy atom. The Hall–Kier alpha value is -5.34. The number of benzene rings is 2. The summed E-state index contributed by atoms with van der Waals surface area (Å²) in [5.74, 6) is -4.37. The van der Waals surface area contributed by atoms with Gasteiger partial charge in [0.15, 0.2) is 26.4 Å². The summed E-state index contributed by atoms with van der Waals surface area (Å²) in [6.45, 7) is -1.47. The van der Waals surface area contributed by atoms with Gasteiger partial charge in [-0.3, -0.25) is 52.6 Å². The van der Waals surface area contributed by atoms with Gasteiger partial charge in [-0.05, 0) is 109 Å². The standard InChI is InChI=1S/C20H26F3N2O6P.C20H27N3O5.C13H23N2O6P/c1-24-17(26)11-29-19(27)18-15-9-8-13(25(15)2)10-16(18)31-32(28,30-12-20(21,22)23)14-6-4-3-5-7-14;1-21-17(24)11-27-14-7-4-12(5-8-14)20(26)28-16-10-13-6-9-15(23(13)3)18(16)19(25)22-2;1-14-11(16)7-20-13(17)12-9-5-4-8(15(9)2)6-10(12)21-22(3,18)19/h3-7,13,15-16,18H,8-12H2,1-2H3,(H,24,26);4-5,7-8,13,15-16,18H,6,9-11H2,1-3H3,(H,21,24)(H,22,25);8-10,12,18-19H,4-7H2,1-3H3/p+1/t13?,15?,16?,18-,32?;13?,15?,16?,18-;8?,9?,10-,12+/m110/s1. The summed E-state index contributed by atoms with van der Waals surface area (Å²) >= 11 is 0. The minimum absolute atomic E-state index is 0.0137. The number of amides is 4. The summed E-state index contributed by atoms with van der Waals surface area (Å²) in [6, 6.07) is 14.1. The van der Waals surface area contributed by atoms with E-state index in [0.717, 1.165) is 32.1 Å². The van der Waals surface area contributed by atoms with Crippen LogP contribution in [0.15, 0.2) is 54.6 Å². The first kappa shape index (κ1) is 65.8. The third kappa shape index (κ3) is 17.2. The molecule has 0 radical (unpaired) electrons. The number of nitrogens with one attached hydrogen (secondary N) is 4. The highest BCUT2D eigenvalue weighted by Crippen LogP contribution is 2.54. The van der Waals surface area contributed by atoms with Gasteiger partial charge in [0.25, 0.3) is 17.7 Å². The predicted molar refractivity (Wildman–Crippen MR) is 290 cm³/mol. The van der Waals surface area contributed by atoms with Crippen molar-refractivity contribution in [2.45, 2.75) is 119 Å². The third-order valence-electron chi connectivity index (χ3n) is 16.1. The summed E-state index contributed by atoms with van der Waals surface area (Å²) in [4.78, 5) is 110. The molecule has 8 rings (SSSR count). The van der Waals surface area contributed by atoms with E-state index in [1.807, 2.05) is 26.0 Å². The van der Waals surface area contributed by atoms with Gasteiger partial charge in [0.2, 0.25) is 5.91 Å². The van der Waals surface area contributed by atoms with Crippen molar-refractivity contribution in [2.75, 3.05) is 82.4 Å². The van der Waals surface area contributed by atoms with Crippen LogP contribution in [0.25, 0.3) is 0 Å². The van der Waals surface area contributed by atoms with Gasteiger partial charge in [0.05, 0.1) is 28.8 Å². The predicted octanol–water partition coefficient (Wildman–Crippen LogP) is 2.33. The fourth-order valence-corrected chi connectivity index (χ4v) is 14.3. The van der Waals surface area contributed by atoms with E-state index in [2.05, 4.69) is 31.1 Å². The molecule has 4 amide bonds. The van der Waals surface area contributed by atoms with Crippen molar-refractivity contribution in [1.82, 2.24) is 36.0 Å². The molecule has 6 bridgehead atoms. The zero-order valence-corrected chi connectivity index (χ0v) is 49.0. The van der Waals surface area contributed by atoms with Gasteiger partial charge in [-0.2, -0.15) is 27.5 Å². The lowest BCUT2D eigenvalue weighted by molar-refractivity contribution is -0.163. The average molecular weight is 1200 g/mol. The summed E-state index contributed by atoms with van der Waals surface area (Å²) in [5.41, 5.74) is 0.384. The molecule has 6 fully saturated rings. The summed E-state index contributed by atoms with van der Waals surface area (Å²) in [5, 5.41) is 9.87. The Labute approximate surface area is 475 Å². The highest BCUT2D eigenvalue weighted by Gasteiger charge is 2.55. The molecule has 6 aliphatic rings. The van der Waals surface area contributed by atoms with Crippen LogP contribution in [0.3, 0.4) is 0 Å². The molecule has 456 valence electrons. The fourth-order valence-electron chi connectivity index (χ4n) is 11.8. The first-order chi connectivity index (χ1) is 38.7. The van der Waals surface area contributed by atoms with Gasteiger partial charge in [-0.25, -0.2) is 4.79 Å². The lowest BCUT2D eigenvalue weighted by atomic mass is 9.86. The Bertz CT molecular complexity index is 2590. The average Bonchev–Trinajstić information content (AvgIpc) is 2.79. The number of nitrogens with zero attached hydrogens (tertiary/aromatic N) is 3. The zero-order chi connectivity index (χ0) is 60.3. The van der Waals surface area contributed by atoms with Gasteiger partial charge >= 0.3 is 39.6 Å². The minimum Gasteiger partial charge on any atom is -0.484 e. The number of likely N-dealkylation sites (N-methyl/N-ethyl adjacent to an activating group) is 3. The number of fused-ring (bicyclic) bond motifs is 6.